The largest absolute Gasteiger partial charge is 0.512 e. The summed E-state index contributed by atoms with van der Waals surface area (Å²) in [7, 11) is 0. The van der Waals surface area contributed by atoms with E-state index in [1.807, 2.05) is 61.6 Å². The minimum Gasteiger partial charge on any atom is -0.512 e. The molecule has 0 atom stereocenters. The molecule has 0 amide bonds. The molecule has 1 aromatic heterocycles. The summed E-state index contributed by atoms with van der Waals surface area (Å²) >= 11 is 0. The van der Waals surface area contributed by atoms with Crippen LogP contribution in [0.3, 0.4) is 0 Å². The standard InChI is InChI=1S/C20H20N.C15H28O2.Ir/c1-13(2)16-5-6-19-17(12-16)7-8-21-20(19)18-10-14(3)9-15(4)11-18;1-10(2)14(5,6)12(16)9-13(17)15(7,8)11(3)4;/h5-10,12-13H,1-4H3;9-11,16H,1-8H3;/q-1;;/b;12-9-;. The van der Waals surface area contributed by atoms with Gasteiger partial charge in [-0.15, -0.1) is 34.9 Å². The molecule has 0 saturated carbocycles. The average Bonchev–Trinajstić information content (AvgIpc) is 2.82. The number of ketones is 1. The molecule has 1 radical (unpaired) electrons. The van der Waals surface area contributed by atoms with E-state index in [0.717, 1.165) is 16.8 Å². The number of allylic oxidation sites excluding steroid dienone is 2. The monoisotopic (exact) mass is 707 g/mol. The number of aliphatic hydroxyl groups is 1. The fourth-order valence-corrected chi connectivity index (χ4v) is 3.87. The van der Waals surface area contributed by atoms with Crippen LogP contribution in [0.25, 0.3) is 22.0 Å². The first-order valence-electron chi connectivity index (χ1n) is 13.8. The number of fused-ring (bicyclic) bond motifs is 1. The number of pyridine rings is 1. The van der Waals surface area contributed by atoms with Crippen LogP contribution < -0.4 is 0 Å². The molecule has 0 fully saturated rings. The second-order valence-electron chi connectivity index (χ2n) is 12.7. The maximum Gasteiger partial charge on any atom is 0.164 e. The fraction of sp³-hybridized carbons (Fsp3) is 0.486. The molecule has 0 spiro atoms. The van der Waals surface area contributed by atoms with Crippen molar-refractivity contribution >= 4 is 16.6 Å². The van der Waals surface area contributed by atoms with Crippen LogP contribution in [0.2, 0.25) is 0 Å². The van der Waals surface area contributed by atoms with Crippen molar-refractivity contribution < 1.29 is 30.0 Å². The molecule has 0 aliphatic carbocycles. The van der Waals surface area contributed by atoms with Gasteiger partial charge >= 0.3 is 0 Å². The van der Waals surface area contributed by atoms with Gasteiger partial charge in [0.1, 0.15) is 5.76 Å². The van der Waals surface area contributed by atoms with Crippen LogP contribution in [0.1, 0.15) is 91.8 Å². The number of aryl methyl sites for hydroxylation is 2. The predicted octanol–water partition coefficient (Wildman–Crippen LogP) is 9.80. The first-order valence-corrected chi connectivity index (χ1v) is 13.8. The van der Waals surface area contributed by atoms with Crippen molar-refractivity contribution in [1.29, 1.82) is 0 Å². The quantitative estimate of drug-likeness (QED) is 0.151. The van der Waals surface area contributed by atoms with Gasteiger partial charge in [-0.05, 0) is 45.8 Å². The number of hydrogen-bond donors (Lipinski definition) is 1. The second-order valence-corrected chi connectivity index (χ2v) is 12.7. The van der Waals surface area contributed by atoms with E-state index in [9.17, 15) is 9.90 Å². The van der Waals surface area contributed by atoms with E-state index in [0.29, 0.717) is 5.92 Å². The van der Waals surface area contributed by atoms with Crippen LogP contribution in [-0.4, -0.2) is 15.9 Å². The third-order valence-electron chi connectivity index (χ3n) is 8.31. The van der Waals surface area contributed by atoms with E-state index in [2.05, 4.69) is 75.1 Å². The van der Waals surface area contributed by atoms with Crippen molar-refractivity contribution in [2.45, 2.75) is 89.0 Å². The van der Waals surface area contributed by atoms with Crippen LogP contribution in [-0.2, 0) is 24.9 Å². The molecule has 39 heavy (non-hydrogen) atoms. The summed E-state index contributed by atoms with van der Waals surface area (Å²) in [5.74, 6) is 1.26. The van der Waals surface area contributed by atoms with Gasteiger partial charge in [0.25, 0.3) is 0 Å². The Labute approximate surface area is 250 Å². The van der Waals surface area contributed by atoms with Gasteiger partial charge in [0, 0.05) is 43.2 Å². The number of rotatable bonds is 7. The van der Waals surface area contributed by atoms with E-state index in [1.54, 1.807) is 0 Å². The topological polar surface area (TPSA) is 50.2 Å². The smallest absolute Gasteiger partial charge is 0.164 e. The van der Waals surface area contributed by atoms with E-state index >= 15 is 0 Å². The minimum atomic E-state index is -0.430. The summed E-state index contributed by atoms with van der Waals surface area (Å²) in [6.07, 6.45) is 3.31. The number of benzene rings is 2. The van der Waals surface area contributed by atoms with Gasteiger partial charge in [-0.3, -0.25) is 4.79 Å². The van der Waals surface area contributed by atoms with Crippen LogP contribution in [0.4, 0.5) is 0 Å². The molecular formula is C35H48IrNO2-. The molecule has 3 rings (SSSR count). The SMILES string of the molecule is CC(C)C(C)(C)C(=O)/C=C(\O)C(C)(C)C(C)C.Cc1[c-]c(-c2nccc3cc(C(C)C)ccc23)cc(C)c1.[Ir]. The summed E-state index contributed by atoms with van der Waals surface area (Å²) < 4.78 is 0. The molecule has 4 heteroatoms. The van der Waals surface area contributed by atoms with Crippen molar-refractivity contribution in [3.63, 3.8) is 0 Å². The Bertz CT molecular complexity index is 1280. The van der Waals surface area contributed by atoms with Crippen LogP contribution in [0.15, 0.2) is 54.4 Å². The molecule has 1 N–H and O–H groups in total. The number of carbonyl (C=O) groups is 1. The number of hydrogen-bond acceptors (Lipinski definition) is 3. The van der Waals surface area contributed by atoms with E-state index in [1.165, 1.54) is 28.0 Å². The maximum atomic E-state index is 12.1. The van der Waals surface area contributed by atoms with Crippen molar-refractivity contribution in [2.75, 3.05) is 0 Å². The fourth-order valence-electron chi connectivity index (χ4n) is 3.87. The molecule has 0 saturated heterocycles. The number of carbonyl (C=O) groups excluding carboxylic acids is 1. The number of aromatic nitrogens is 1. The Hall–Kier alpha value is -2.29. The summed E-state index contributed by atoms with van der Waals surface area (Å²) in [6, 6.07) is 16.5. The van der Waals surface area contributed by atoms with Gasteiger partial charge < -0.3 is 10.1 Å². The molecule has 3 nitrogen and oxygen atoms in total. The van der Waals surface area contributed by atoms with Crippen molar-refractivity contribution in [3.05, 3.63) is 77.2 Å². The maximum absolute atomic E-state index is 12.1. The molecular weight excluding hydrogens is 659 g/mol. The van der Waals surface area contributed by atoms with Gasteiger partial charge in [0.05, 0.1) is 0 Å². The molecule has 0 aliphatic rings. The minimum absolute atomic E-state index is 0. The summed E-state index contributed by atoms with van der Waals surface area (Å²) in [4.78, 5) is 16.8. The normalized spacial score (nSPS) is 12.4. The van der Waals surface area contributed by atoms with Crippen LogP contribution >= 0.6 is 0 Å². The zero-order valence-electron chi connectivity index (χ0n) is 26.0. The third-order valence-corrected chi connectivity index (χ3v) is 8.31. The number of nitrogens with zero attached hydrogens (tertiary/aromatic N) is 1. The van der Waals surface area contributed by atoms with Crippen LogP contribution in [0, 0.1) is 42.6 Å². The first kappa shape index (κ1) is 34.7. The summed E-state index contributed by atoms with van der Waals surface area (Å²) in [6.45, 7) is 24.5. The first-order chi connectivity index (χ1) is 17.5. The Balaban J connectivity index is 0.000000391. The van der Waals surface area contributed by atoms with Gasteiger partial charge in [0.15, 0.2) is 5.78 Å². The predicted molar refractivity (Wildman–Crippen MR) is 163 cm³/mol. The molecule has 0 bridgehead atoms. The second kappa shape index (κ2) is 13.9. The summed E-state index contributed by atoms with van der Waals surface area (Å²) in [5, 5.41) is 12.5. The zero-order valence-corrected chi connectivity index (χ0v) is 28.4. The Morgan fingerprint density at radius 2 is 1.49 bits per heavy atom. The molecule has 215 valence electrons. The average molecular weight is 707 g/mol. The zero-order chi connectivity index (χ0) is 29.0. The Morgan fingerprint density at radius 1 is 0.897 bits per heavy atom. The third kappa shape index (κ3) is 8.60. The molecule has 1 heterocycles. The van der Waals surface area contributed by atoms with E-state index in [4.69, 9.17) is 0 Å². The molecule has 0 unspecified atom stereocenters. The van der Waals surface area contributed by atoms with Gasteiger partial charge in [-0.2, -0.15) is 0 Å². The number of aliphatic hydroxyl groups excluding tert-OH is 1. The van der Waals surface area contributed by atoms with Gasteiger partial charge in [0.2, 0.25) is 0 Å². The molecule has 3 aromatic rings. The van der Waals surface area contributed by atoms with Crippen molar-refractivity contribution in [3.8, 4) is 11.3 Å². The molecule has 0 aliphatic heterocycles. The van der Waals surface area contributed by atoms with E-state index in [-0.39, 0.29) is 48.9 Å². The van der Waals surface area contributed by atoms with Crippen molar-refractivity contribution in [1.82, 2.24) is 4.98 Å². The van der Waals surface area contributed by atoms with Crippen LogP contribution in [0.5, 0.6) is 0 Å². The van der Waals surface area contributed by atoms with Crippen molar-refractivity contribution in [2.24, 2.45) is 22.7 Å². The Kier molecular flexibility index (Phi) is 12.3. The van der Waals surface area contributed by atoms with Gasteiger partial charge in [-0.25, -0.2) is 0 Å². The van der Waals surface area contributed by atoms with Gasteiger partial charge in [-0.1, -0.05) is 101 Å². The van der Waals surface area contributed by atoms with E-state index < -0.39 is 5.41 Å². The summed E-state index contributed by atoms with van der Waals surface area (Å²) in [5.41, 5.74) is 5.08. The Morgan fingerprint density at radius 3 is 2.00 bits per heavy atom. The molecule has 2 aromatic carbocycles.